The highest BCUT2D eigenvalue weighted by molar-refractivity contribution is 5.94. The van der Waals surface area contributed by atoms with E-state index in [1.807, 2.05) is 49.4 Å². The van der Waals surface area contributed by atoms with Crippen molar-refractivity contribution in [2.45, 2.75) is 45.3 Å². The Hall–Kier alpha value is -2.66. The van der Waals surface area contributed by atoms with Crippen molar-refractivity contribution < 1.29 is 9.90 Å². The molecule has 0 saturated carbocycles. The van der Waals surface area contributed by atoms with Gasteiger partial charge in [-0.05, 0) is 63.4 Å². The number of fused-ring (bicyclic) bond motifs is 1. The summed E-state index contributed by atoms with van der Waals surface area (Å²) in [5.74, 6) is 0.598. The molecule has 1 atom stereocenters. The second-order valence-electron chi connectivity index (χ2n) is 7.35. The van der Waals surface area contributed by atoms with E-state index in [0.717, 1.165) is 28.8 Å². The molecule has 1 amide bonds. The lowest BCUT2D eigenvalue weighted by atomic mass is 9.98. The van der Waals surface area contributed by atoms with Crippen LogP contribution in [-0.4, -0.2) is 26.6 Å². The molecule has 0 fully saturated rings. The summed E-state index contributed by atoms with van der Waals surface area (Å²) in [6, 6.07) is 15.1. The number of rotatable bonds is 6. The molecule has 0 bridgehead atoms. The van der Waals surface area contributed by atoms with Gasteiger partial charge in [0, 0.05) is 5.56 Å². The highest BCUT2D eigenvalue weighted by atomic mass is 16.3. The maximum Gasteiger partial charge on any atom is 0.251 e. The zero-order valence-electron chi connectivity index (χ0n) is 15.4. The van der Waals surface area contributed by atoms with Crippen molar-refractivity contribution in [2.24, 2.45) is 0 Å². The van der Waals surface area contributed by atoms with Gasteiger partial charge in [-0.15, -0.1) is 0 Å². The van der Waals surface area contributed by atoms with Gasteiger partial charge in [-0.1, -0.05) is 24.3 Å². The fourth-order valence-corrected chi connectivity index (χ4v) is 2.84. The summed E-state index contributed by atoms with van der Waals surface area (Å²) in [4.78, 5) is 20.4. The van der Waals surface area contributed by atoms with E-state index in [4.69, 9.17) is 0 Å². The van der Waals surface area contributed by atoms with Crippen molar-refractivity contribution in [2.75, 3.05) is 0 Å². The number of hydrogen-bond donors (Lipinski definition) is 3. The van der Waals surface area contributed by atoms with Gasteiger partial charge < -0.3 is 15.4 Å². The topological polar surface area (TPSA) is 78.0 Å². The molecule has 1 heterocycles. The lowest BCUT2D eigenvalue weighted by Gasteiger charge is -2.17. The van der Waals surface area contributed by atoms with Crippen LogP contribution in [-0.2, 0) is 6.42 Å². The Morgan fingerprint density at radius 1 is 1.23 bits per heavy atom. The molecule has 0 aliphatic carbocycles. The van der Waals surface area contributed by atoms with Crippen LogP contribution in [0.3, 0.4) is 0 Å². The molecule has 0 radical (unpaired) electrons. The number of aromatic nitrogens is 2. The van der Waals surface area contributed by atoms with Crippen molar-refractivity contribution in [1.29, 1.82) is 0 Å². The molecule has 0 spiro atoms. The number of aromatic amines is 1. The van der Waals surface area contributed by atoms with Crippen molar-refractivity contribution in [3.63, 3.8) is 0 Å². The molecular weight excluding hydrogens is 326 g/mol. The Morgan fingerprint density at radius 2 is 2.00 bits per heavy atom. The molecule has 0 aliphatic rings. The SMILES string of the molecule is C[C@@H](NC(=O)c1cccc(CCC(C)(C)O)c1)c1nc2ccccc2[nH]1. The molecular formula is C21H25N3O2. The molecule has 3 N–H and O–H groups in total. The van der Waals surface area contributed by atoms with Crippen LogP contribution >= 0.6 is 0 Å². The number of nitrogens with one attached hydrogen (secondary N) is 2. The van der Waals surface area contributed by atoms with E-state index in [1.165, 1.54) is 0 Å². The van der Waals surface area contributed by atoms with Gasteiger partial charge in [-0.3, -0.25) is 4.79 Å². The van der Waals surface area contributed by atoms with E-state index in [9.17, 15) is 9.90 Å². The Balaban J connectivity index is 1.69. The molecule has 2 aromatic carbocycles. The molecule has 26 heavy (non-hydrogen) atoms. The molecule has 3 rings (SSSR count). The van der Waals surface area contributed by atoms with E-state index in [2.05, 4.69) is 15.3 Å². The number of carbonyl (C=O) groups excluding carboxylic acids is 1. The fraction of sp³-hybridized carbons (Fsp3) is 0.333. The van der Waals surface area contributed by atoms with E-state index < -0.39 is 5.60 Å². The predicted octanol–water partition coefficient (Wildman–Crippen LogP) is 3.76. The minimum Gasteiger partial charge on any atom is -0.390 e. The van der Waals surface area contributed by atoms with Crippen LogP contribution in [0.5, 0.6) is 0 Å². The minimum absolute atomic E-state index is 0.136. The second-order valence-corrected chi connectivity index (χ2v) is 7.35. The van der Waals surface area contributed by atoms with Crippen LogP contribution in [0.4, 0.5) is 0 Å². The fourth-order valence-electron chi connectivity index (χ4n) is 2.84. The average molecular weight is 351 g/mol. The van der Waals surface area contributed by atoms with Gasteiger partial charge in [0.05, 0.1) is 22.7 Å². The quantitative estimate of drug-likeness (QED) is 0.633. The summed E-state index contributed by atoms with van der Waals surface area (Å²) >= 11 is 0. The largest absolute Gasteiger partial charge is 0.390 e. The number of para-hydroxylation sites is 2. The summed E-state index contributed by atoms with van der Waals surface area (Å²) in [6.07, 6.45) is 1.37. The molecule has 5 heteroatoms. The first-order valence-corrected chi connectivity index (χ1v) is 8.89. The average Bonchev–Trinajstić information content (AvgIpc) is 3.04. The third-order valence-electron chi connectivity index (χ3n) is 4.38. The molecule has 136 valence electrons. The van der Waals surface area contributed by atoms with Crippen molar-refractivity contribution >= 4 is 16.9 Å². The third-order valence-corrected chi connectivity index (χ3v) is 4.38. The minimum atomic E-state index is -0.714. The van der Waals surface area contributed by atoms with Gasteiger partial charge in [0.15, 0.2) is 0 Å². The zero-order chi connectivity index (χ0) is 18.7. The van der Waals surface area contributed by atoms with Gasteiger partial charge in [0.1, 0.15) is 5.82 Å². The van der Waals surface area contributed by atoms with Gasteiger partial charge in [-0.2, -0.15) is 0 Å². The lowest BCUT2D eigenvalue weighted by molar-refractivity contribution is 0.0714. The Kier molecular flexibility index (Phi) is 5.09. The van der Waals surface area contributed by atoms with Gasteiger partial charge in [0.25, 0.3) is 5.91 Å². The van der Waals surface area contributed by atoms with E-state index in [1.54, 1.807) is 19.9 Å². The van der Waals surface area contributed by atoms with Crippen LogP contribution in [0.25, 0.3) is 11.0 Å². The Labute approximate surface area is 153 Å². The summed E-state index contributed by atoms with van der Waals surface area (Å²) in [5.41, 5.74) is 2.78. The normalized spacial score (nSPS) is 12.9. The van der Waals surface area contributed by atoms with E-state index in [-0.39, 0.29) is 11.9 Å². The Morgan fingerprint density at radius 3 is 2.73 bits per heavy atom. The lowest BCUT2D eigenvalue weighted by Crippen LogP contribution is -2.27. The number of benzene rings is 2. The molecule has 0 unspecified atom stereocenters. The van der Waals surface area contributed by atoms with E-state index >= 15 is 0 Å². The van der Waals surface area contributed by atoms with Crippen LogP contribution < -0.4 is 5.32 Å². The first-order chi connectivity index (χ1) is 12.3. The molecule has 0 aliphatic heterocycles. The zero-order valence-corrected chi connectivity index (χ0v) is 15.4. The molecule has 3 aromatic rings. The molecule has 0 saturated heterocycles. The van der Waals surface area contributed by atoms with Crippen LogP contribution in [0.2, 0.25) is 0 Å². The highest BCUT2D eigenvalue weighted by Crippen LogP contribution is 2.17. The number of hydrogen-bond acceptors (Lipinski definition) is 3. The highest BCUT2D eigenvalue weighted by Gasteiger charge is 2.16. The molecule has 5 nitrogen and oxygen atoms in total. The standard InChI is InChI=1S/C21H25N3O2/c1-14(19-23-17-9-4-5-10-18(17)24-19)22-20(25)16-8-6-7-15(13-16)11-12-21(2,3)26/h4-10,13-14,26H,11-12H2,1-3H3,(H,22,25)(H,23,24)/t14-/m1/s1. The van der Waals surface area contributed by atoms with Crippen molar-refractivity contribution in [3.8, 4) is 0 Å². The number of carbonyl (C=O) groups is 1. The number of aryl methyl sites for hydroxylation is 1. The predicted molar refractivity (Wildman–Crippen MR) is 103 cm³/mol. The smallest absolute Gasteiger partial charge is 0.251 e. The van der Waals surface area contributed by atoms with Crippen molar-refractivity contribution in [3.05, 3.63) is 65.5 Å². The van der Waals surface area contributed by atoms with Crippen LogP contribution in [0, 0.1) is 0 Å². The van der Waals surface area contributed by atoms with Crippen LogP contribution in [0.15, 0.2) is 48.5 Å². The first-order valence-electron chi connectivity index (χ1n) is 8.89. The van der Waals surface area contributed by atoms with Gasteiger partial charge in [0.2, 0.25) is 0 Å². The number of H-pyrrole nitrogens is 1. The summed E-state index contributed by atoms with van der Waals surface area (Å²) in [7, 11) is 0. The number of amides is 1. The summed E-state index contributed by atoms with van der Waals surface area (Å²) in [6.45, 7) is 5.49. The van der Waals surface area contributed by atoms with Gasteiger partial charge >= 0.3 is 0 Å². The summed E-state index contributed by atoms with van der Waals surface area (Å²) in [5, 5.41) is 12.9. The second kappa shape index (κ2) is 7.30. The summed E-state index contributed by atoms with van der Waals surface area (Å²) < 4.78 is 0. The van der Waals surface area contributed by atoms with Crippen LogP contribution in [0.1, 0.15) is 55.0 Å². The van der Waals surface area contributed by atoms with Gasteiger partial charge in [-0.25, -0.2) is 4.98 Å². The monoisotopic (exact) mass is 351 g/mol. The number of aliphatic hydroxyl groups is 1. The Bertz CT molecular complexity index is 876. The maximum absolute atomic E-state index is 12.6. The number of nitrogens with zero attached hydrogens (tertiary/aromatic N) is 1. The van der Waals surface area contributed by atoms with Crippen molar-refractivity contribution in [1.82, 2.24) is 15.3 Å². The molecule has 1 aromatic heterocycles. The number of imidazole rings is 1. The van der Waals surface area contributed by atoms with E-state index in [0.29, 0.717) is 12.0 Å². The first kappa shape index (κ1) is 18.1. The maximum atomic E-state index is 12.6. The third kappa shape index (κ3) is 4.49.